The van der Waals surface area contributed by atoms with Gasteiger partial charge in [0.05, 0.1) is 6.10 Å². The van der Waals surface area contributed by atoms with Crippen LogP contribution in [0.25, 0.3) is 0 Å². The Morgan fingerprint density at radius 1 is 1.37 bits per heavy atom. The number of carboxylic acids is 1. The van der Waals surface area contributed by atoms with E-state index < -0.39 is 24.1 Å². The van der Waals surface area contributed by atoms with Crippen LogP contribution in [0, 0.1) is 6.92 Å². The van der Waals surface area contributed by atoms with Crippen molar-refractivity contribution in [2.24, 2.45) is 0 Å². The van der Waals surface area contributed by atoms with E-state index in [1.165, 1.54) is 6.92 Å². The number of hydrogen-bond acceptors (Lipinski definition) is 3. The van der Waals surface area contributed by atoms with E-state index in [2.05, 4.69) is 26.6 Å². The predicted molar refractivity (Wildman–Crippen MR) is 74.1 cm³/mol. The highest BCUT2D eigenvalue weighted by Gasteiger charge is 2.25. The Balaban J connectivity index is 2.74. The number of amides is 2. The second-order valence-corrected chi connectivity index (χ2v) is 5.03. The molecule has 104 valence electrons. The van der Waals surface area contributed by atoms with Gasteiger partial charge in [0.25, 0.3) is 0 Å². The highest BCUT2D eigenvalue weighted by molar-refractivity contribution is 9.10. The van der Waals surface area contributed by atoms with Crippen LogP contribution in [0.2, 0.25) is 0 Å². The number of carbonyl (C=O) groups excluding carboxylic acids is 1. The molecule has 4 N–H and O–H groups in total. The lowest BCUT2D eigenvalue weighted by Crippen LogP contribution is -2.49. The number of urea groups is 1. The minimum Gasteiger partial charge on any atom is -0.480 e. The van der Waals surface area contributed by atoms with Crippen LogP contribution in [0.3, 0.4) is 0 Å². The van der Waals surface area contributed by atoms with Crippen molar-refractivity contribution >= 4 is 33.6 Å². The number of aliphatic hydroxyl groups excluding tert-OH is 1. The van der Waals surface area contributed by atoms with Crippen molar-refractivity contribution < 1.29 is 19.8 Å². The molecule has 7 heteroatoms. The minimum absolute atomic E-state index is 0.557. The van der Waals surface area contributed by atoms with Crippen LogP contribution < -0.4 is 10.6 Å². The van der Waals surface area contributed by atoms with Crippen LogP contribution in [-0.4, -0.2) is 34.4 Å². The Morgan fingerprint density at radius 2 is 2.00 bits per heavy atom. The van der Waals surface area contributed by atoms with E-state index in [0.29, 0.717) is 5.69 Å². The maximum Gasteiger partial charge on any atom is 0.328 e. The number of aliphatic carboxylic acids is 1. The summed E-state index contributed by atoms with van der Waals surface area (Å²) >= 11 is 3.28. The lowest BCUT2D eigenvalue weighted by Gasteiger charge is -2.18. The van der Waals surface area contributed by atoms with E-state index in [0.717, 1.165) is 10.0 Å². The second kappa shape index (κ2) is 6.53. The van der Waals surface area contributed by atoms with Gasteiger partial charge in [-0.1, -0.05) is 22.0 Å². The molecule has 0 spiro atoms. The number of aryl methyl sites for hydroxylation is 1. The first-order valence-electron chi connectivity index (χ1n) is 5.56. The first-order chi connectivity index (χ1) is 8.81. The third kappa shape index (κ3) is 4.53. The molecule has 0 aromatic heterocycles. The van der Waals surface area contributed by atoms with Crippen molar-refractivity contribution in [2.45, 2.75) is 26.0 Å². The molecular formula is C12H15BrN2O4. The molecule has 0 saturated heterocycles. The Bertz CT molecular complexity index is 491. The van der Waals surface area contributed by atoms with Crippen molar-refractivity contribution in [3.63, 3.8) is 0 Å². The Hall–Kier alpha value is -1.60. The maximum atomic E-state index is 11.7. The van der Waals surface area contributed by atoms with Crippen molar-refractivity contribution in [1.82, 2.24) is 5.32 Å². The quantitative estimate of drug-likeness (QED) is 0.675. The van der Waals surface area contributed by atoms with Gasteiger partial charge in [0.2, 0.25) is 0 Å². The Kier molecular flexibility index (Phi) is 5.31. The second-order valence-electron chi connectivity index (χ2n) is 4.11. The van der Waals surface area contributed by atoms with Gasteiger partial charge in [0.1, 0.15) is 0 Å². The Morgan fingerprint density at radius 3 is 2.53 bits per heavy atom. The predicted octanol–water partition coefficient (Wildman–Crippen LogP) is 1.71. The summed E-state index contributed by atoms with van der Waals surface area (Å²) in [4.78, 5) is 22.5. The van der Waals surface area contributed by atoms with E-state index in [1.54, 1.807) is 6.07 Å². The first-order valence-corrected chi connectivity index (χ1v) is 6.35. The molecule has 0 radical (unpaired) electrons. The zero-order valence-corrected chi connectivity index (χ0v) is 12.1. The van der Waals surface area contributed by atoms with Gasteiger partial charge in [-0.15, -0.1) is 0 Å². The summed E-state index contributed by atoms with van der Waals surface area (Å²) in [6, 6.07) is 3.30. The summed E-state index contributed by atoms with van der Waals surface area (Å²) in [5.41, 5.74) is 1.39. The smallest absolute Gasteiger partial charge is 0.328 e. The van der Waals surface area contributed by atoms with Crippen LogP contribution in [0.4, 0.5) is 10.5 Å². The molecular weight excluding hydrogens is 316 g/mol. The van der Waals surface area contributed by atoms with E-state index in [9.17, 15) is 14.7 Å². The summed E-state index contributed by atoms with van der Waals surface area (Å²) in [5, 5.41) is 22.8. The van der Waals surface area contributed by atoms with E-state index in [1.807, 2.05) is 19.1 Å². The van der Waals surface area contributed by atoms with Gasteiger partial charge in [-0.25, -0.2) is 9.59 Å². The summed E-state index contributed by atoms with van der Waals surface area (Å²) in [7, 11) is 0. The lowest BCUT2D eigenvalue weighted by molar-refractivity contribution is -0.141. The average Bonchev–Trinajstić information content (AvgIpc) is 2.30. The number of hydrogen-bond donors (Lipinski definition) is 4. The van der Waals surface area contributed by atoms with E-state index in [-0.39, 0.29) is 0 Å². The standard InChI is InChI=1S/C12H15BrN2O4/c1-6-3-4-8(13)5-9(6)14-12(19)15-10(7(2)16)11(17)18/h3-5,7,10,16H,1-2H3,(H,17,18)(H2,14,15,19)/t7-,10+/m1/s1. The van der Waals surface area contributed by atoms with Gasteiger partial charge < -0.3 is 20.8 Å². The highest BCUT2D eigenvalue weighted by Crippen LogP contribution is 2.20. The Labute approximate surface area is 118 Å². The molecule has 0 bridgehead atoms. The number of carboxylic acid groups (broad SMARTS) is 1. The molecule has 6 nitrogen and oxygen atoms in total. The van der Waals surface area contributed by atoms with Gasteiger partial charge in [0, 0.05) is 10.2 Å². The molecule has 0 aliphatic carbocycles. The molecule has 0 unspecified atom stereocenters. The van der Waals surface area contributed by atoms with Crippen LogP contribution in [0.5, 0.6) is 0 Å². The SMILES string of the molecule is Cc1ccc(Br)cc1NC(=O)N[C@H](C(=O)O)[C@@H](C)O. The molecule has 0 fully saturated rings. The molecule has 0 saturated carbocycles. The molecule has 1 aromatic carbocycles. The number of carbonyl (C=O) groups is 2. The molecule has 0 aliphatic rings. The van der Waals surface area contributed by atoms with E-state index >= 15 is 0 Å². The van der Waals surface area contributed by atoms with E-state index in [4.69, 9.17) is 5.11 Å². The summed E-state index contributed by atoms with van der Waals surface area (Å²) < 4.78 is 0.790. The van der Waals surface area contributed by atoms with Gasteiger partial charge in [-0.3, -0.25) is 0 Å². The monoisotopic (exact) mass is 330 g/mol. The molecule has 0 aliphatic heterocycles. The zero-order valence-electron chi connectivity index (χ0n) is 10.5. The van der Waals surface area contributed by atoms with Gasteiger partial charge in [0.15, 0.2) is 6.04 Å². The first kappa shape index (κ1) is 15.5. The average molecular weight is 331 g/mol. The lowest BCUT2D eigenvalue weighted by atomic mass is 10.2. The fourth-order valence-corrected chi connectivity index (χ4v) is 1.78. The molecule has 2 amide bonds. The molecule has 19 heavy (non-hydrogen) atoms. The summed E-state index contributed by atoms with van der Waals surface area (Å²) in [6.07, 6.45) is -1.19. The van der Waals surface area contributed by atoms with Gasteiger partial charge in [-0.2, -0.15) is 0 Å². The summed E-state index contributed by atoms with van der Waals surface area (Å²) in [6.45, 7) is 3.11. The van der Waals surface area contributed by atoms with Gasteiger partial charge >= 0.3 is 12.0 Å². The third-order valence-electron chi connectivity index (χ3n) is 2.48. The number of halogens is 1. The van der Waals surface area contributed by atoms with Crippen LogP contribution in [-0.2, 0) is 4.79 Å². The van der Waals surface area contributed by atoms with Crippen molar-refractivity contribution in [2.75, 3.05) is 5.32 Å². The van der Waals surface area contributed by atoms with Crippen LogP contribution >= 0.6 is 15.9 Å². The number of anilines is 1. The van der Waals surface area contributed by atoms with Crippen molar-refractivity contribution in [3.05, 3.63) is 28.2 Å². The van der Waals surface area contributed by atoms with Crippen molar-refractivity contribution in [3.8, 4) is 0 Å². The number of rotatable bonds is 4. The molecule has 1 rings (SSSR count). The highest BCUT2D eigenvalue weighted by atomic mass is 79.9. The fourth-order valence-electron chi connectivity index (χ4n) is 1.42. The molecule has 0 heterocycles. The zero-order chi connectivity index (χ0) is 14.6. The topological polar surface area (TPSA) is 98.7 Å². The molecule has 2 atom stereocenters. The van der Waals surface area contributed by atoms with Gasteiger partial charge in [-0.05, 0) is 31.5 Å². The minimum atomic E-state index is -1.35. The van der Waals surface area contributed by atoms with Crippen LogP contribution in [0.1, 0.15) is 12.5 Å². The summed E-state index contributed by atoms with van der Waals surface area (Å²) in [5.74, 6) is -1.30. The number of nitrogens with one attached hydrogen (secondary N) is 2. The fraction of sp³-hybridized carbons (Fsp3) is 0.333. The third-order valence-corrected chi connectivity index (χ3v) is 2.98. The largest absolute Gasteiger partial charge is 0.480 e. The normalized spacial score (nSPS) is 13.5. The maximum absolute atomic E-state index is 11.7. The number of benzene rings is 1. The number of aliphatic hydroxyl groups is 1. The van der Waals surface area contributed by atoms with Crippen LogP contribution in [0.15, 0.2) is 22.7 Å². The van der Waals surface area contributed by atoms with Crippen molar-refractivity contribution in [1.29, 1.82) is 0 Å². The molecule has 1 aromatic rings.